The molecule has 1 aliphatic heterocycles. The van der Waals surface area contributed by atoms with Gasteiger partial charge in [0.1, 0.15) is 0 Å². The van der Waals surface area contributed by atoms with Crippen molar-refractivity contribution in [3.05, 3.63) is 96.1 Å². The minimum Gasteiger partial charge on any atom is -0.308 e. The van der Waals surface area contributed by atoms with E-state index < -0.39 is 0 Å². The maximum Gasteiger partial charge on any atom is 0.323 e. The molecule has 0 aromatic heterocycles. The van der Waals surface area contributed by atoms with Crippen LogP contribution >= 0.6 is 0 Å². The van der Waals surface area contributed by atoms with E-state index in [0.717, 1.165) is 43.3 Å². The second-order valence-corrected chi connectivity index (χ2v) is 8.33. The lowest BCUT2D eigenvalue weighted by atomic mass is 9.90. The van der Waals surface area contributed by atoms with Crippen molar-refractivity contribution in [2.75, 3.05) is 30.3 Å². The number of carbonyl (C=O) groups is 1. The van der Waals surface area contributed by atoms with E-state index in [1.807, 2.05) is 48.5 Å². The van der Waals surface area contributed by atoms with E-state index in [1.54, 1.807) is 0 Å². The fourth-order valence-corrected chi connectivity index (χ4v) is 4.31. The van der Waals surface area contributed by atoms with E-state index >= 15 is 0 Å². The third-order valence-corrected chi connectivity index (χ3v) is 6.07. The lowest BCUT2D eigenvalue weighted by Crippen LogP contribution is -2.35. The quantitative estimate of drug-likeness (QED) is 0.512. The van der Waals surface area contributed by atoms with Crippen LogP contribution in [-0.2, 0) is 12.8 Å². The second kappa shape index (κ2) is 10.8. The zero-order valence-corrected chi connectivity index (χ0v) is 18.0. The van der Waals surface area contributed by atoms with Crippen LogP contribution in [0.15, 0.2) is 84.9 Å². The summed E-state index contributed by atoms with van der Waals surface area (Å²) < 4.78 is 0. The molecule has 160 valence electrons. The third-order valence-electron chi connectivity index (χ3n) is 6.07. The molecule has 2 N–H and O–H groups in total. The summed E-state index contributed by atoms with van der Waals surface area (Å²) in [6.07, 6.45) is 4.64. The lowest BCUT2D eigenvalue weighted by molar-refractivity contribution is 0.186. The van der Waals surface area contributed by atoms with Gasteiger partial charge in [-0.3, -0.25) is 0 Å². The Balaban J connectivity index is 1.25. The first kappa shape index (κ1) is 21.1. The summed E-state index contributed by atoms with van der Waals surface area (Å²) >= 11 is 0. The lowest BCUT2D eigenvalue weighted by Gasteiger charge is -2.32. The summed E-state index contributed by atoms with van der Waals surface area (Å²) in [5.41, 5.74) is 4.30. The Kier molecular flexibility index (Phi) is 7.35. The number of nitrogens with zero attached hydrogens (tertiary/aromatic N) is 1. The molecule has 1 aliphatic rings. The van der Waals surface area contributed by atoms with E-state index in [9.17, 15) is 4.79 Å². The number of rotatable bonds is 7. The molecule has 0 spiro atoms. The summed E-state index contributed by atoms with van der Waals surface area (Å²) in [5.74, 6) is 0.786. The fourth-order valence-electron chi connectivity index (χ4n) is 4.31. The predicted molar refractivity (Wildman–Crippen MR) is 129 cm³/mol. The Morgan fingerprint density at radius 1 is 0.806 bits per heavy atom. The van der Waals surface area contributed by atoms with Crippen LogP contribution in [0, 0.1) is 5.92 Å². The van der Waals surface area contributed by atoms with Crippen molar-refractivity contribution >= 4 is 17.4 Å². The second-order valence-electron chi connectivity index (χ2n) is 8.33. The first-order chi connectivity index (χ1) is 15.3. The molecule has 0 radical (unpaired) electrons. The molecule has 0 saturated carbocycles. The first-order valence-electron chi connectivity index (χ1n) is 11.2. The Hall–Kier alpha value is -3.11. The number of benzene rings is 3. The highest BCUT2D eigenvalue weighted by Gasteiger charge is 2.19. The highest BCUT2D eigenvalue weighted by molar-refractivity contribution is 6.00. The zero-order valence-electron chi connectivity index (χ0n) is 18.0. The van der Waals surface area contributed by atoms with Gasteiger partial charge in [-0.1, -0.05) is 66.7 Å². The van der Waals surface area contributed by atoms with Gasteiger partial charge in [0, 0.05) is 17.9 Å². The molecule has 4 rings (SSSR count). The summed E-state index contributed by atoms with van der Waals surface area (Å²) in [5, 5.41) is 5.90. The topological polar surface area (TPSA) is 44.4 Å². The molecule has 4 heteroatoms. The highest BCUT2D eigenvalue weighted by Crippen LogP contribution is 2.23. The maximum atomic E-state index is 12.4. The molecule has 31 heavy (non-hydrogen) atoms. The summed E-state index contributed by atoms with van der Waals surface area (Å²) in [7, 11) is 0. The number of urea groups is 1. The normalized spacial score (nSPS) is 14.8. The van der Waals surface area contributed by atoms with Crippen LogP contribution in [0.4, 0.5) is 16.2 Å². The number of amides is 2. The van der Waals surface area contributed by atoms with Gasteiger partial charge in [-0.05, 0) is 74.0 Å². The average Bonchev–Trinajstić information content (AvgIpc) is 2.81. The number of likely N-dealkylation sites (tertiary alicyclic amines) is 1. The van der Waals surface area contributed by atoms with Crippen molar-refractivity contribution in [1.29, 1.82) is 0 Å². The Labute approximate surface area is 185 Å². The van der Waals surface area contributed by atoms with Crippen LogP contribution in [0.25, 0.3) is 0 Å². The van der Waals surface area contributed by atoms with Gasteiger partial charge in [-0.15, -0.1) is 0 Å². The van der Waals surface area contributed by atoms with Crippen LogP contribution in [-0.4, -0.2) is 30.6 Å². The van der Waals surface area contributed by atoms with Crippen molar-refractivity contribution < 1.29 is 4.79 Å². The molecule has 0 atom stereocenters. The molecule has 1 saturated heterocycles. The van der Waals surface area contributed by atoms with E-state index in [0.29, 0.717) is 0 Å². The molecule has 0 bridgehead atoms. The van der Waals surface area contributed by atoms with Crippen LogP contribution in [0.3, 0.4) is 0 Å². The molecular weight excluding hydrogens is 382 g/mol. The van der Waals surface area contributed by atoms with Crippen molar-refractivity contribution in [3.63, 3.8) is 0 Å². The molecule has 4 nitrogen and oxygen atoms in total. The largest absolute Gasteiger partial charge is 0.323 e. The standard InChI is InChI=1S/C27H31N3O/c31-27(28-25-12-5-2-6-13-25)29-26-14-8-7-11-24(26)17-20-30-18-15-23(16-19-30)21-22-9-3-1-4-10-22/h1-14,23H,15-21H2,(H2,28,29,31). The first-order valence-corrected chi connectivity index (χ1v) is 11.2. The number of hydrogen-bond donors (Lipinski definition) is 2. The van der Waals surface area contributed by atoms with Gasteiger partial charge in [-0.2, -0.15) is 0 Å². The van der Waals surface area contributed by atoms with Crippen LogP contribution in [0.1, 0.15) is 24.0 Å². The van der Waals surface area contributed by atoms with Gasteiger partial charge in [0.05, 0.1) is 0 Å². The molecule has 3 aromatic rings. The van der Waals surface area contributed by atoms with E-state index in [2.05, 4.69) is 51.9 Å². The van der Waals surface area contributed by atoms with Crippen molar-refractivity contribution in [3.8, 4) is 0 Å². The minimum atomic E-state index is -0.208. The summed E-state index contributed by atoms with van der Waals surface area (Å²) in [6, 6.07) is 28.2. The van der Waals surface area contributed by atoms with Gasteiger partial charge in [-0.25, -0.2) is 4.79 Å². The predicted octanol–water partition coefficient (Wildman–Crippen LogP) is 5.83. The number of nitrogens with one attached hydrogen (secondary N) is 2. The molecule has 0 aliphatic carbocycles. The Morgan fingerprint density at radius 3 is 2.19 bits per heavy atom. The van der Waals surface area contributed by atoms with Gasteiger partial charge in [0.15, 0.2) is 0 Å². The van der Waals surface area contributed by atoms with E-state index in [-0.39, 0.29) is 6.03 Å². The van der Waals surface area contributed by atoms with Crippen molar-refractivity contribution in [2.24, 2.45) is 5.92 Å². The molecule has 1 heterocycles. The van der Waals surface area contributed by atoms with Gasteiger partial charge in [0.2, 0.25) is 0 Å². The average molecular weight is 414 g/mol. The third kappa shape index (κ3) is 6.43. The summed E-state index contributed by atoms with van der Waals surface area (Å²) in [4.78, 5) is 15.0. The number of para-hydroxylation sites is 2. The molecule has 3 aromatic carbocycles. The number of piperidine rings is 1. The van der Waals surface area contributed by atoms with E-state index in [1.165, 1.54) is 30.4 Å². The fraction of sp³-hybridized carbons (Fsp3) is 0.296. The Morgan fingerprint density at radius 2 is 1.45 bits per heavy atom. The summed E-state index contributed by atoms with van der Waals surface area (Å²) in [6.45, 7) is 3.33. The monoisotopic (exact) mass is 413 g/mol. The van der Waals surface area contributed by atoms with E-state index in [4.69, 9.17) is 0 Å². The number of hydrogen-bond acceptors (Lipinski definition) is 2. The zero-order chi connectivity index (χ0) is 21.3. The number of carbonyl (C=O) groups excluding carboxylic acids is 1. The molecular formula is C27H31N3O. The van der Waals surface area contributed by atoms with Gasteiger partial charge >= 0.3 is 6.03 Å². The van der Waals surface area contributed by atoms with Gasteiger partial charge in [0.25, 0.3) is 0 Å². The van der Waals surface area contributed by atoms with Crippen LogP contribution in [0.2, 0.25) is 0 Å². The van der Waals surface area contributed by atoms with Crippen molar-refractivity contribution in [1.82, 2.24) is 4.90 Å². The van der Waals surface area contributed by atoms with Crippen molar-refractivity contribution in [2.45, 2.75) is 25.7 Å². The Bertz CT molecular complexity index is 950. The molecule has 0 unspecified atom stereocenters. The highest BCUT2D eigenvalue weighted by atomic mass is 16.2. The minimum absolute atomic E-state index is 0.208. The number of anilines is 2. The maximum absolute atomic E-state index is 12.4. The molecule has 2 amide bonds. The van der Waals surface area contributed by atoms with Gasteiger partial charge < -0.3 is 15.5 Å². The van der Waals surface area contributed by atoms with Crippen LogP contribution < -0.4 is 10.6 Å². The SMILES string of the molecule is O=C(Nc1ccccc1)Nc1ccccc1CCN1CCC(Cc2ccccc2)CC1. The smallest absolute Gasteiger partial charge is 0.308 e. The van der Waals surface area contributed by atoms with Crippen LogP contribution in [0.5, 0.6) is 0 Å². The molecule has 1 fully saturated rings.